The maximum Gasteiger partial charge on any atom is 0.135 e. The molecule has 1 nitrogen and oxygen atoms in total. The molecule has 1 rings (SSSR count). The summed E-state index contributed by atoms with van der Waals surface area (Å²) in [7, 11) is 0. The molecule has 0 unspecified atom stereocenters. The monoisotopic (exact) mass is 224 g/mol. The molecule has 1 aromatic rings. The van der Waals surface area contributed by atoms with Crippen LogP contribution in [0.5, 0.6) is 0 Å². The molecule has 0 aliphatic carbocycles. The maximum atomic E-state index is 11.7. The molecule has 0 aliphatic rings. The largest absolute Gasteiger partial charge is 0.299 e. The van der Waals surface area contributed by atoms with Gasteiger partial charge in [-0.3, -0.25) is 4.79 Å². The fraction of sp³-hybridized carbons (Fsp3) is 0.615. The van der Waals surface area contributed by atoms with Crippen LogP contribution in [0.15, 0.2) is 17.5 Å². The minimum atomic E-state index is 0.299. The standard InChI is InChI=1S/C13H20OS/c1-3-11(4-2)13(14)9-5-7-12-8-6-10-15-12/h6,8,10-11H,3-5,7,9H2,1-2H3. The molecule has 0 N–H and O–H groups in total. The third kappa shape index (κ3) is 4.17. The molecule has 0 aliphatic heterocycles. The van der Waals surface area contributed by atoms with E-state index in [1.54, 1.807) is 11.3 Å². The molecule has 0 atom stereocenters. The Hall–Kier alpha value is -0.630. The van der Waals surface area contributed by atoms with Gasteiger partial charge in [-0.2, -0.15) is 0 Å². The molecular weight excluding hydrogens is 204 g/mol. The first-order chi connectivity index (χ1) is 7.27. The highest BCUT2D eigenvalue weighted by Gasteiger charge is 2.13. The smallest absolute Gasteiger partial charge is 0.135 e. The van der Waals surface area contributed by atoms with Gasteiger partial charge in [0.2, 0.25) is 0 Å². The molecule has 0 amide bonds. The molecule has 84 valence electrons. The fourth-order valence-corrected chi connectivity index (χ4v) is 2.59. The van der Waals surface area contributed by atoms with Crippen molar-refractivity contribution in [2.24, 2.45) is 5.92 Å². The van der Waals surface area contributed by atoms with Gasteiger partial charge in [0.05, 0.1) is 0 Å². The summed E-state index contributed by atoms with van der Waals surface area (Å²) in [5.74, 6) is 0.755. The van der Waals surface area contributed by atoms with Gasteiger partial charge in [0.15, 0.2) is 0 Å². The number of hydrogen-bond donors (Lipinski definition) is 0. The average Bonchev–Trinajstić information content (AvgIpc) is 2.72. The number of aryl methyl sites for hydroxylation is 1. The van der Waals surface area contributed by atoms with Crippen LogP contribution in [0.4, 0.5) is 0 Å². The Morgan fingerprint density at radius 1 is 1.40 bits per heavy atom. The van der Waals surface area contributed by atoms with Crippen LogP contribution in [0, 0.1) is 5.92 Å². The number of Topliss-reactive ketones (excluding diaryl/α,β-unsaturated/α-hetero) is 1. The third-order valence-electron chi connectivity index (χ3n) is 2.87. The van der Waals surface area contributed by atoms with Crippen LogP contribution >= 0.6 is 11.3 Å². The second-order valence-corrected chi connectivity index (χ2v) is 4.94. The molecule has 1 heterocycles. The molecule has 0 bridgehead atoms. The van der Waals surface area contributed by atoms with Crippen molar-refractivity contribution in [2.45, 2.75) is 46.0 Å². The van der Waals surface area contributed by atoms with Crippen molar-refractivity contribution in [3.63, 3.8) is 0 Å². The van der Waals surface area contributed by atoms with E-state index in [1.165, 1.54) is 4.88 Å². The minimum Gasteiger partial charge on any atom is -0.299 e. The third-order valence-corrected chi connectivity index (χ3v) is 3.80. The molecule has 0 spiro atoms. The molecule has 2 heteroatoms. The van der Waals surface area contributed by atoms with E-state index >= 15 is 0 Å². The van der Waals surface area contributed by atoms with Crippen molar-refractivity contribution < 1.29 is 4.79 Å². The van der Waals surface area contributed by atoms with Gasteiger partial charge in [0, 0.05) is 17.2 Å². The summed E-state index contributed by atoms with van der Waals surface area (Å²) in [6, 6.07) is 4.22. The number of thiophene rings is 1. The predicted molar refractivity (Wildman–Crippen MR) is 66.3 cm³/mol. The van der Waals surface area contributed by atoms with Crippen LogP contribution < -0.4 is 0 Å². The first-order valence-corrected chi connectivity index (χ1v) is 6.71. The highest BCUT2D eigenvalue weighted by Crippen LogP contribution is 2.16. The first-order valence-electron chi connectivity index (χ1n) is 5.83. The Balaban J connectivity index is 2.22. The highest BCUT2D eigenvalue weighted by molar-refractivity contribution is 7.09. The number of carbonyl (C=O) groups excluding carboxylic acids is 1. The van der Waals surface area contributed by atoms with Crippen molar-refractivity contribution >= 4 is 17.1 Å². The number of ketones is 1. The van der Waals surface area contributed by atoms with Crippen molar-refractivity contribution in [3.05, 3.63) is 22.4 Å². The lowest BCUT2D eigenvalue weighted by atomic mass is 9.94. The van der Waals surface area contributed by atoms with Gasteiger partial charge in [0.25, 0.3) is 0 Å². The van der Waals surface area contributed by atoms with E-state index in [0.717, 1.165) is 32.1 Å². The summed E-state index contributed by atoms with van der Waals surface area (Å²) in [4.78, 5) is 13.1. The van der Waals surface area contributed by atoms with Crippen LogP contribution in [0.2, 0.25) is 0 Å². The van der Waals surface area contributed by atoms with E-state index in [4.69, 9.17) is 0 Å². The molecule has 0 saturated carbocycles. The molecule has 0 aromatic carbocycles. The molecule has 0 saturated heterocycles. The van der Waals surface area contributed by atoms with Crippen LogP contribution in [-0.2, 0) is 11.2 Å². The SMILES string of the molecule is CCC(CC)C(=O)CCCc1cccs1. The van der Waals surface area contributed by atoms with Crippen LogP contribution in [-0.4, -0.2) is 5.78 Å². The lowest BCUT2D eigenvalue weighted by Gasteiger charge is -2.10. The second-order valence-electron chi connectivity index (χ2n) is 3.91. The van der Waals surface area contributed by atoms with Crippen molar-refractivity contribution in [2.75, 3.05) is 0 Å². The molecular formula is C13H20OS. The number of hydrogen-bond acceptors (Lipinski definition) is 2. The topological polar surface area (TPSA) is 17.1 Å². The normalized spacial score (nSPS) is 10.9. The van der Waals surface area contributed by atoms with Gasteiger partial charge in [-0.25, -0.2) is 0 Å². The Labute approximate surface area is 96.5 Å². The van der Waals surface area contributed by atoms with E-state index in [1.807, 2.05) is 0 Å². The Morgan fingerprint density at radius 3 is 2.67 bits per heavy atom. The Morgan fingerprint density at radius 2 is 2.13 bits per heavy atom. The van der Waals surface area contributed by atoms with Crippen LogP contribution in [0.25, 0.3) is 0 Å². The van der Waals surface area contributed by atoms with Gasteiger partial charge in [0.1, 0.15) is 5.78 Å². The molecule has 15 heavy (non-hydrogen) atoms. The van der Waals surface area contributed by atoms with Gasteiger partial charge in [-0.1, -0.05) is 19.9 Å². The highest BCUT2D eigenvalue weighted by atomic mass is 32.1. The first kappa shape index (κ1) is 12.4. The molecule has 0 fully saturated rings. The van der Waals surface area contributed by atoms with Gasteiger partial charge >= 0.3 is 0 Å². The van der Waals surface area contributed by atoms with E-state index < -0.39 is 0 Å². The summed E-state index contributed by atoms with van der Waals surface area (Å²) >= 11 is 1.78. The van der Waals surface area contributed by atoms with Crippen LogP contribution in [0.3, 0.4) is 0 Å². The molecule has 1 aromatic heterocycles. The summed E-state index contributed by atoms with van der Waals surface area (Å²) in [5, 5.41) is 2.10. The zero-order chi connectivity index (χ0) is 11.1. The lowest BCUT2D eigenvalue weighted by Crippen LogP contribution is -2.12. The number of rotatable bonds is 7. The van der Waals surface area contributed by atoms with E-state index in [2.05, 4.69) is 31.4 Å². The second kappa shape index (κ2) is 6.78. The Kier molecular flexibility index (Phi) is 5.62. The summed E-state index contributed by atoms with van der Waals surface area (Å²) in [5.41, 5.74) is 0. The Bertz CT molecular complexity index is 273. The minimum absolute atomic E-state index is 0.299. The molecule has 0 radical (unpaired) electrons. The van der Waals surface area contributed by atoms with E-state index in [9.17, 15) is 4.79 Å². The predicted octanol–water partition coefficient (Wildman–Crippen LogP) is 4.08. The van der Waals surface area contributed by atoms with E-state index in [-0.39, 0.29) is 0 Å². The number of carbonyl (C=O) groups is 1. The zero-order valence-corrected chi connectivity index (χ0v) is 10.5. The van der Waals surface area contributed by atoms with Crippen molar-refractivity contribution in [3.8, 4) is 0 Å². The average molecular weight is 224 g/mol. The zero-order valence-electron chi connectivity index (χ0n) is 9.66. The lowest BCUT2D eigenvalue weighted by molar-refractivity contribution is -0.123. The van der Waals surface area contributed by atoms with Gasteiger partial charge in [-0.05, 0) is 37.1 Å². The summed E-state index contributed by atoms with van der Waals surface area (Å²) in [6.07, 6.45) is 4.81. The maximum absolute atomic E-state index is 11.7. The van der Waals surface area contributed by atoms with Crippen LogP contribution in [0.1, 0.15) is 44.4 Å². The summed E-state index contributed by atoms with van der Waals surface area (Å²) < 4.78 is 0. The van der Waals surface area contributed by atoms with Crippen molar-refractivity contribution in [1.29, 1.82) is 0 Å². The van der Waals surface area contributed by atoms with Gasteiger partial charge < -0.3 is 0 Å². The van der Waals surface area contributed by atoms with E-state index in [0.29, 0.717) is 11.7 Å². The fourth-order valence-electron chi connectivity index (χ4n) is 1.84. The quantitative estimate of drug-likeness (QED) is 0.682. The summed E-state index contributed by atoms with van der Waals surface area (Å²) in [6.45, 7) is 4.21. The van der Waals surface area contributed by atoms with Gasteiger partial charge in [-0.15, -0.1) is 11.3 Å². The van der Waals surface area contributed by atoms with Crippen molar-refractivity contribution in [1.82, 2.24) is 0 Å².